The van der Waals surface area contributed by atoms with E-state index in [1.165, 1.54) is 5.56 Å². The molecule has 0 radical (unpaired) electrons. The topological polar surface area (TPSA) is 32.6 Å². The Morgan fingerprint density at radius 1 is 1.00 bits per heavy atom. The molecule has 80 valence electrons. The van der Waals surface area contributed by atoms with Crippen LogP contribution in [0.15, 0.2) is 53.5 Å². The van der Waals surface area contributed by atoms with E-state index in [-0.39, 0.29) is 5.75 Å². The fourth-order valence-corrected chi connectivity index (χ4v) is 1.37. The number of nitrogens with zero attached hydrogens (tertiary/aromatic N) is 1. The molecule has 0 heterocycles. The molecule has 2 nitrogen and oxygen atoms in total. The molecule has 2 heteroatoms. The first-order valence-corrected chi connectivity index (χ1v) is 5.14. The molecule has 0 atom stereocenters. The van der Waals surface area contributed by atoms with Gasteiger partial charge in [-0.2, -0.15) is 0 Å². The van der Waals surface area contributed by atoms with Crippen LogP contribution in [-0.4, -0.2) is 11.3 Å². The van der Waals surface area contributed by atoms with E-state index in [9.17, 15) is 5.11 Å². The summed E-state index contributed by atoms with van der Waals surface area (Å²) in [5.41, 5.74) is 2.83. The van der Waals surface area contributed by atoms with Crippen LogP contribution in [0.4, 0.5) is 5.69 Å². The Labute approximate surface area is 94.9 Å². The van der Waals surface area contributed by atoms with Gasteiger partial charge in [0, 0.05) is 6.21 Å². The molecule has 0 fully saturated rings. The first-order valence-electron chi connectivity index (χ1n) is 5.14. The summed E-state index contributed by atoms with van der Waals surface area (Å²) in [7, 11) is 0. The molecule has 0 amide bonds. The number of aliphatic imine (C=N–C) groups is 1. The van der Waals surface area contributed by atoms with Crippen molar-refractivity contribution in [3.63, 3.8) is 0 Å². The van der Waals surface area contributed by atoms with E-state index in [2.05, 4.69) is 4.99 Å². The fourth-order valence-electron chi connectivity index (χ4n) is 1.37. The van der Waals surface area contributed by atoms with Crippen molar-refractivity contribution in [2.45, 2.75) is 6.92 Å². The van der Waals surface area contributed by atoms with Crippen molar-refractivity contribution in [2.24, 2.45) is 4.99 Å². The number of hydrogen-bond donors (Lipinski definition) is 1. The second-order valence-corrected chi connectivity index (χ2v) is 3.66. The predicted molar refractivity (Wildman–Crippen MR) is 66.5 cm³/mol. The van der Waals surface area contributed by atoms with Gasteiger partial charge in [-0.3, -0.25) is 4.99 Å². The number of para-hydroxylation sites is 2. The standard InChI is InChI=1S/C14H13NO/c1-11-6-8-12(9-7-11)10-15-13-4-2-3-5-14(13)16/h2-10,16H,1H3. The highest BCUT2D eigenvalue weighted by Crippen LogP contribution is 2.24. The smallest absolute Gasteiger partial charge is 0.141 e. The minimum atomic E-state index is 0.200. The molecule has 0 aliphatic heterocycles. The summed E-state index contributed by atoms with van der Waals surface area (Å²) < 4.78 is 0. The third-order valence-corrected chi connectivity index (χ3v) is 2.31. The molecule has 1 N–H and O–H groups in total. The van der Waals surface area contributed by atoms with Crippen molar-refractivity contribution in [1.82, 2.24) is 0 Å². The van der Waals surface area contributed by atoms with Crippen LogP contribution in [0.25, 0.3) is 0 Å². The molecule has 0 spiro atoms. The zero-order valence-electron chi connectivity index (χ0n) is 9.09. The van der Waals surface area contributed by atoms with E-state index in [1.54, 1.807) is 24.4 Å². The molecule has 0 bridgehead atoms. The lowest BCUT2D eigenvalue weighted by atomic mass is 10.2. The quantitative estimate of drug-likeness (QED) is 0.758. The minimum absolute atomic E-state index is 0.200. The number of phenolic OH excluding ortho intramolecular Hbond substituents is 1. The van der Waals surface area contributed by atoms with Crippen LogP contribution in [0.1, 0.15) is 11.1 Å². The molecular formula is C14H13NO. The van der Waals surface area contributed by atoms with Crippen LogP contribution in [0.3, 0.4) is 0 Å². The van der Waals surface area contributed by atoms with Crippen LogP contribution in [0, 0.1) is 6.92 Å². The molecule has 0 aliphatic carbocycles. The Morgan fingerprint density at radius 3 is 2.38 bits per heavy atom. The van der Waals surface area contributed by atoms with Gasteiger partial charge in [0.2, 0.25) is 0 Å². The van der Waals surface area contributed by atoms with Crippen LogP contribution in [0.2, 0.25) is 0 Å². The molecule has 2 aromatic rings. The van der Waals surface area contributed by atoms with Crippen molar-refractivity contribution >= 4 is 11.9 Å². The van der Waals surface area contributed by atoms with Gasteiger partial charge in [-0.15, -0.1) is 0 Å². The van der Waals surface area contributed by atoms with Gasteiger partial charge in [-0.1, -0.05) is 42.0 Å². The zero-order chi connectivity index (χ0) is 11.4. The van der Waals surface area contributed by atoms with E-state index < -0.39 is 0 Å². The van der Waals surface area contributed by atoms with Crippen molar-refractivity contribution in [3.05, 3.63) is 59.7 Å². The molecule has 0 saturated carbocycles. The molecule has 0 saturated heterocycles. The molecule has 2 rings (SSSR count). The SMILES string of the molecule is Cc1ccc(C=Nc2ccccc2O)cc1. The maximum absolute atomic E-state index is 9.52. The Morgan fingerprint density at radius 2 is 1.69 bits per heavy atom. The summed E-state index contributed by atoms with van der Waals surface area (Å²) in [5, 5.41) is 9.52. The Balaban J connectivity index is 2.21. The van der Waals surface area contributed by atoms with Gasteiger partial charge in [0.1, 0.15) is 11.4 Å². The number of hydrogen-bond acceptors (Lipinski definition) is 2. The Bertz CT molecular complexity index is 500. The number of phenols is 1. The third-order valence-electron chi connectivity index (χ3n) is 2.31. The second kappa shape index (κ2) is 4.62. The van der Waals surface area contributed by atoms with E-state index >= 15 is 0 Å². The predicted octanol–water partition coefficient (Wildman–Crippen LogP) is 3.45. The van der Waals surface area contributed by atoms with Crippen LogP contribution < -0.4 is 0 Å². The lowest BCUT2D eigenvalue weighted by Crippen LogP contribution is -1.80. The van der Waals surface area contributed by atoms with Crippen LogP contribution in [0.5, 0.6) is 5.75 Å². The van der Waals surface area contributed by atoms with Gasteiger partial charge < -0.3 is 5.11 Å². The summed E-state index contributed by atoms with van der Waals surface area (Å²) in [6, 6.07) is 15.1. The largest absolute Gasteiger partial charge is 0.506 e. The maximum Gasteiger partial charge on any atom is 0.141 e. The number of aromatic hydroxyl groups is 1. The second-order valence-electron chi connectivity index (χ2n) is 3.66. The van der Waals surface area contributed by atoms with Gasteiger partial charge in [0.25, 0.3) is 0 Å². The van der Waals surface area contributed by atoms with Crippen LogP contribution >= 0.6 is 0 Å². The number of aryl methyl sites for hydroxylation is 1. The van der Waals surface area contributed by atoms with Crippen molar-refractivity contribution in [3.8, 4) is 5.75 Å². The highest BCUT2D eigenvalue weighted by molar-refractivity contribution is 5.82. The van der Waals surface area contributed by atoms with E-state index in [4.69, 9.17) is 0 Å². The van der Waals surface area contributed by atoms with Gasteiger partial charge in [0.15, 0.2) is 0 Å². The van der Waals surface area contributed by atoms with Gasteiger partial charge in [-0.25, -0.2) is 0 Å². The Hall–Kier alpha value is -2.09. The molecular weight excluding hydrogens is 198 g/mol. The van der Waals surface area contributed by atoms with Gasteiger partial charge in [-0.05, 0) is 24.6 Å². The summed E-state index contributed by atoms with van der Waals surface area (Å²) in [6.07, 6.45) is 1.74. The fraction of sp³-hybridized carbons (Fsp3) is 0.0714. The minimum Gasteiger partial charge on any atom is -0.506 e. The molecule has 0 aromatic heterocycles. The van der Waals surface area contributed by atoms with E-state index in [1.807, 2.05) is 37.3 Å². The maximum atomic E-state index is 9.52. The van der Waals surface area contributed by atoms with Gasteiger partial charge >= 0.3 is 0 Å². The molecule has 0 unspecified atom stereocenters. The zero-order valence-corrected chi connectivity index (χ0v) is 9.09. The summed E-state index contributed by atoms with van der Waals surface area (Å²) in [6.45, 7) is 2.05. The molecule has 0 aliphatic rings. The summed E-state index contributed by atoms with van der Waals surface area (Å²) in [4.78, 5) is 4.23. The number of benzene rings is 2. The third kappa shape index (κ3) is 2.48. The Kier molecular flexibility index (Phi) is 3.01. The first-order chi connectivity index (χ1) is 7.75. The van der Waals surface area contributed by atoms with Crippen molar-refractivity contribution < 1.29 is 5.11 Å². The lowest BCUT2D eigenvalue weighted by Gasteiger charge is -1.97. The van der Waals surface area contributed by atoms with E-state index in [0.717, 1.165) is 5.56 Å². The lowest BCUT2D eigenvalue weighted by molar-refractivity contribution is 0.477. The monoisotopic (exact) mass is 211 g/mol. The van der Waals surface area contributed by atoms with E-state index in [0.29, 0.717) is 5.69 Å². The normalized spacial score (nSPS) is 10.8. The highest BCUT2D eigenvalue weighted by Gasteiger charge is 1.94. The average molecular weight is 211 g/mol. The van der Waals surface area contributed by atoms with Crippen LogP contribution in [-0.2, 0) is 0 Å². The average Bonchev–Trinajstić information content (AvgIpc) is 2.30. The number of rotatable bonds is 2. The summed E-state index contributed by atoms with van der Waals surface area (Å²) >= 11 is 0. The molecule has 16 heavy (non-hydrogen) atoms. The van der Waals surface area contributed by atoms with Crippen molar-refractivity contribution in [2.75, 3.05) is 0 Å². The van der Waals surface area contributed by atoms with Gasteiger partial charge in [0.05, 0.1) is 0 Å². The summed E-state index contributed by atoms with van der Waals surface area (Å²) in [5.74, 6) is 0.200. The van der Waals surface area contributed by atoms with Crippen molar-refractivity contribution in [1.29, 1.82) is 0 Å². The first kappa shape index (κ1) is 10.4. The highest BCUT2D eigenvalue weighted by atomic mass is 16.3. The molecule has 2 aromatic carbocycles.